The van der Waals surface area contributed by atoms with E-state index in [0.29, 0.717) is 10.7 Å². The van der Waals surface area contributed by atoms with Crippen LogP contribution in [0.5, 0.6) is 0 Å². The van der Waals surface area contributed by atoms with E-state index in [1.54, 1.807) is 25.3 Å². The Bertz CT molecular complexity index is 519. The minimum atomic E-state index is -1.05. The number of nitrogens with zero attached hydrogens (tertiary/aromatic N) is 2. The first kappa shape index (κ1) is 9.02. The highest BCUT2D eigenvalue weighted by Crippen LogP contribution is 2.17. The average molecular weight is 211 g/mol. The van der Waals surface area contributed by atoms with Gasteiger partial charge in [0.05, 0.1) is 11.2 Å². The van der Waals surface area contributed by atoms with Crippen molar-refractivity contribution >= 4 is 23.1 Å². The standard InChI is InChI=1S/C9H7ClN2O2/c1-5-7-4-6(10)2-3-12(7)8(11-5)9(13)14/h2-4H,1H3,(H,13,14). The highest BCUT2D eigenvalue weighted by molar-refractivity contribution is 6.30. The summed E-state index contributed by atoms with van der Waals surface area (Å²) in [5, 5.41) is 9.42. The number of hydrogen-bond donors (Lipinski definition) is 1. The quantitative estimate of drug-likeness (QED) is 0.783. The third kappa shape index (κ3) is 1.24. The van der Waals surface area contributed by atoms with Crippen molar-refractivity contribution in [2.45, 2.75) is 6.92 Å². The summed E-state index contributed by atoms with van der Waals surface area (Å²) in [6, 6.07) is 3.32. The molecule has 1 N–H and O–H groups in total. The van der Waals surface area contributed by atoms with Gasteiger partial charge in [-0.05, 0) is 19.1 Å². The number of imidazole rings is 1. The Morgan fingerprint density at radius 3 is 3.00 bits per heavy atom. The maximum absolute atomic E-state index is 10.8. The van der Waals surface area contributed by atoms with Gasteiger partial charge in [-0.25, -0.2) is 9.78 Å². The number of carbonyl (C=O) groups is 1. The molecular formula is C9H7ClN2O2. The first-order valence-electron chi connectivity index (χ1n) is 3.97. The lowest BCUT2D eigenvalue weighted by Gasteiger charge is -1.96. The van der Waals surface area contributed by atoms with Crippen LogP contribution in [0.2, 0.25) is 5.02 Å². The summed E-state index contributed by atoms with van der Waals surface area (Å²) < 4.78 is 1.50. The molecule has 0 saturated heterocycles. The zero-order chi connectivity index (χ0) is 10.3. The van der Waals surface area contributed by atoms with Crippen LogP contribution in [0.3, 0.4) is 0 Å². The van der Waals surface area contributed by atoms with E-state index in [1.807, 2.05) is 0 Å². The van der Waals surface area contributed by atoms with Gasteiger partial charge < -0.3 is 5.11 Å². The van der Waals surface area contributed by atoms with Gasteiger partial charge in [0.1, 0.15) is 0 Å². The Labute approximate surface area is 84.8 Å². The summed E-state index contributed by atoms with van der Waals surface area (Å²) in [5.74, 6) is -1.04. The molecule has 0 amide bonds. The van der Waals surface area contributed by atoms with Crippen molar-refractivity contribution in [3.63, 3.8) is 0 Å². The van der Waals surface area contributed by atoms with E-state index in [9.17, 15) is 4.79 Å². The predicted molar refractivity (Wildman–Crippen MR) is 51.9 cm³/mol. The van der Waals surface area contributed by atoms with Crippen molar-refractivity contribution in [1.29, 1.82) is 0 Å². The summed E-state index contributed by atoms with van der Waals surface area (Å²) in [6.45, 7) is 1.75. The third-order valence-corrected chi connectivity index (χ3v) is 2.22. The molecule has 0 saturated carbocycles. The van der Waals surface area contributed by atoms with Gasteiger partial charge in [0.2, 0.25) is 5.82 Å². The number of rotatable bonds is 1. The van der Waals surface area contributed by atoms with E-state index in [0.717, 1.165) is 5.52 Å². The lowest BCUT2D eigenvalue weighted by molar-refractivity contribution is 0.0682. The first-order valence-corrected chi connectivity index (χ1v) is 4.35. The van der Waals surface area contributed by atoms with Crippen LogP contribution < -0.4 is 0 Å². The number of fused-ring (bicyclic) bond motifs is 1. The molecule has 72 valence electrons. The van der Waals surface area contributed by atoms with Crippen molar-refractivity contribution in [2.24, 2.45) is 0 Å². The second-order valence-electron chi connectivity index (χ2n) is 2.93. The SMILES string of the molecule is Cc1nc(C(=O)O)n2ccc(Cl)cc12. The number of hydrogen-bond acceptors (Lipinski definition) is 2. The van der Waals surface area contributed by atoms with E-state index >= 15 is 0 Å². The number of aromatic nitrogens is 2. The van der Waals surface area contributed by atoms with Crippen LogP contribution in [-0.2, 0) is 0 Å². The van der Waals surface area contributed by atoms with Gasteiger partial charge in [0.15, 0.2) is 0 Å². The summed E-state index contributed by atoms with van der Waals surface area (Å²) in [7, 11) is 0. The maximum Gasteiger partial charge on any atom is 0.372 e. The lowest BCUT2D eigenvalue weighted by atomic mass is 10.3. The van der Waals surface area contributed by atoms with Crippen molar-refractivity contribution in [3.05, 3.63) is 34.9 Å². The van der Waals surface area contributed by atoms with Crippen LogP contribution in [0.15, 0.2) is 18.3 Å². The Balaban J connectivity index is 2.84. The molecule has 0 fully saturated rings. The van der Waals surface area contributed by atoms with E-state index in [2.05, 4.69) is 4.98 Å². The second kappa shape index (κ2) is 2.99. The molecule has 2 aromatic heterocycles. The van der Waals surface area contributed by atoms with Gasteiger partial charge in [-0.2, -0.15) is 0 Å². The van der Waals surface area contributed by atoms with Crippen molar-refractivity contribution in [3.8, 4) is 0 Å². The van der Waals surface area contributed by atoms with Crippen LogP contribution >= 0.6 is 11.6 Å². The van der Waals surface area contributed by atoms with Crippen LogP contribution in [0.25, 0.3) is 5.52 Å². The molecule has 0 atom stereocenters. The summed E-state index contributed by atoms with van der Waals surface area (Å²) in [6.07, 6.45) is 1.60. The monoisotopic (exact) mass is 210 g/mol. The number of pyridine rings is 1. The number of halogens is 1. The summed E-state index contributed by atoms with van der Waals surface area (Å²) in [5.41, 5.74) is 1.37. The molecule has 4 nitrogen and oxygen atoms in total. The fourth-order valence-corrected chi connectivity index (χ4v) is 1.52. The Kier molecular flexibility index (Phi) is 1.93. The van der Waals surface area contributed by atoms with Crippen LogP contribution in [0.1, 0.15) is 16.3 Å². The maximum atomic E-state index is 10.8. The lowest BCUT2D eigenvalue weighted by Crippen LogP contribution is -2.02. The molecule has 2 aromatic rings. The van der Waals surface area contributed by atoms with Crippen molar-refractivity contribution in [1.82, 2.24) is 9.38 Å². The highest BCUT2D eigenvalue weighted by Gasteiger charge is 2.13. The van der Waals surface area contributed by atoms with Crippen LogP contribution in [0, 0.1) is 6.92 Å². The Hall–Kier alpha value is -1.55. The topological polar surface area (TPSA) is 54.6 Å². The molecular weight excluding hydrogens is 204 g/mol. The summed E-state index contributed by atoms with van der Waals surface area (Å²) >= 11 is 5.79. The smallest absolute Gasteiger partial charge is 0.372 e. The number of carboxylic acid groups (broad SMARTS) is 1. The van der Waals surface area contributed by atoms with Gasteiger partial charge in [-0.3, -0.25) is 4.40 Å². The number of carboxylic acids is 1. The predicted octanol–water partition coefficient (Wildman–Crippen LogP) is 1.99. The van der Waals surface area contributed by atoms with Crippen LogP contribution in [-0.4, -0.2) is 20.5 Å². The number of aromatic carboxylic acids is 1. The molecule has 0 aliphatic carbocycles. The zero-order valence-electron chi connectivity index (χ0n) is 7.36. The molecule has 0 aliphatic rings. The molecule has 0 unspecified atom stereocenters. The molecule has 0 radical (unpaired) electrons. The Morgan fingerprint density at radius 2 is 2.36 bits per heavy atom. The van der Waals surface area contributed by atoms with E-state index in [1.165, 1.54) is 4.40 Å². The van der Waals surface area contributed by atoms with E-state index < -0.39 is 5.97 Å². The molecule has 0 bridgehead atoms. The molecule has 5 heteroatoms. The fraction of sp³-hybridized carbons (Fsp3) is 0.111. The molecule has 0 aromatic carbocycles. The largest absolute Gasteiger partial charge is 0.475 e. The number of aryl methyl sites for hydroxylation is 1. The minimum absolute atomic E-state index is 0.00849. The third-order valence-electron chi connectivity index (χ3n) is 1.98. The highest BCUT2D eigenvalue weighted by atomic mass is 35.5. The minimum Gasteiger partial charge on any atom is -0.475 e. The van der Waals surface area contributed by atoms with Gasteiger partial charge in [0, 0.05) is 11.2 Å². The van der Waals surface area contributed by atoms with E-state index in [4.69, 9.17) is 16.7 Å². The second-order valence-corrected chi connectivity index (χ2v) is 3.36. The first-order chi connectivity index (χ1) is 6.59. The Morgan fingerprint density at radius 1 is 1.64 bits per heavy atom. The van der Waals surface area contributed by atoms with Crippen molar-refractivity contribution < 1.29 is 9.90 Å². The fourth-order valence-electron chi connectivity index (χ4n) is 1.36. The van der Waals surface area contributed by atoms with Gasteiger partial charge in [0.25, 0.3) is 0 Å². The molecule has 2 heterocycles. The van der Waals surface area contributed by atoms with Crippen molar-refractivity contribution in [2.75, 3.05) is 0 Å². The molecule has 0 spiro atoms. The zero-order valence-corrected chi connectivity index (χ0v) is 8.12. The van der Waals surface area contributed by atoms with Crippen LogP contribution in [0.4, 0.5) is 0 Å². The van der Waals surface area contributed by atoms with Gasteiger partial charge in [-0.1, -0.05) is 11.6 Å². The molecule has 14 heavy (non-hydrogen) atoms. The van der Waals surface area contributed by atoms with Gasteiger partial charge >= 0.3 is 5.97 Å². The van der Waals surface area contributed by atoms with Gasteiger partial charge in [-0.15, -0.1) is 0 Å². The molecule has 0 aliphatic heterocycles. The molecule has 2 rings (SSSR count). The summed E-state index contributed by atoms with van der Waals surface area (Å²) in [4.78, 5) is 14.7. The normalized spacial score (nSPS) is 10.7. The average Bonchev–Trinajstić information content (AvgIpc) is 2.44. The van der Waals surface area contributed by atoms with E-state index in [-0.39, 0.29) is 5.82 Å².